The van der Waals surface area contributed by atoms with E-state index >= 15 is 0 Å². The van der Waals surface area contributed by atoms with E-state index in [1.54, 1.807) is 5.57 Å². The largest absolute Gasteiger partial charge is 0.0881 e. The maximum absolute atomic E-state index is 3.24. The summed E-state index contributed by atoms with van der Waals surface area (Å²) in [7, 11) is 0. The van der Waals surface area contributed by atoms with Gasteiger partial charge in [-0.25, -0.2) is 0 Å². The van der Waals surface area contributed by atoms with E-state index in [1.807, 2.05) is 6.92 Å². The van der Waals surface area contributed by atoms with E-state index < -0.39 is 0 Å². The summed E-state index contributed by atoms with van der Waals surface area (Å²) in [6.45, 7) is 4.15. The molecule has 0 unspecified atom stereocenters. The van der Waals surface area contributed by atoms with Crippen LogP contribution in [0.4, 0.5) is 0 Å². The van der Waals surface area contributed by atoms with Gasteiger partial charge in [-0.05, 0) is 45.6 Å². The van der Waals surface area contributed by atoms with Crippen LogP contribution < -0.4 is 0 Å². The van der Waals surface area contributed by atoms with Crippen LogP contribution >= 0.6 is 0 Å². The highest BCUT2D eigenvalue weighted by atomic mass is 14.1. The molecule has 1 fully saturated rings. The smallest absolute Gasteiger partial charge is 0.0103 e. The molecule has 0 aromatic heterocycles. The standard InChI is InChI=1S/C10H15/c1-3-9-6-5-7-10(4-2)8-9/h3H,5-8H2,1-2H3. The molecule has 0 bridgehead atoms. The summed E-state index contributed by atoms with van der Waals surface area (Å²) in [4.78, 5) is 0. The molecule has 0 aliphatic heterocycles. The summed E-state index contributed by atoms with van der Waals surface area (Å²) in [5.74, 6) is 0. The molecular formula is C10H15. The maximum Gasteiger partial charge on any atom is -0.0103 e. The van der Waals surface area contributed by atoms with Gasteiger partial charge in [-0.2, -0.15) is 0 Å². The summed E-state index contributed by atoms with van der Waals surface area (Å²) in [6, 6.07) is 0. The van der Waals surface area contributed by atoms with Crippen LogP contribution in [0.15, 0.2) is 17.2 Å². The van der Waals surface area contributed by atoms with E-state index in [1.165, 1.54) is 31.3 Å². The molecule has 0 atom stereocenters. The minimum Gasteiger partial charge on any atom is -0.0881 e. The van der Waals surface area contributed by atoms with Gasteiger partial charge in [0.2, 0.25) is 0 Å². The molecule has 1 radical (unpaired) electrons. The molecule has 0 aromatic carbocycles. The highest BCUT2D eigenvalue weighted by Gasteiger charge is 2.07. The molecule has 0 heteroatoms. The number of rotatable bonds is 0. The Balaban J connectivity index is 2.56. The summed E-state index contributed by atoms with van der Waals surface area (Å²) < 4.78 is 0. The van der Waals surface area contributed by atoms with Crippen molar-refractivity contribution in [3.05, 3.63) is 23.3 Å². The second-order valence-corrected chi connectivity index (χ2v) is 2.83. The first kappa shape index (κ1) is 7.59. The van der Waals surface area contributed by atoms with Gasteiger partial charge in [0.15, 0.2) is 0 Å². The second-order valence-electron chi connectivity index (χ2n) is 2.83. The fourth-order valence-electron chi connectivity index (χ4n) is 1.44. The molecule has 1 aliphatic rings. The third kappa shape index (κ3) is 1.73. The first-order chi connectivity index (χ1) is 4.86. The first-order valence-corrected chi connectivity index (χ1v) is 4.03. The summed E-state index contributed by atoms with van der Waals surface area (Å²) in [5.41, 5.74) is 3.09. The van der Waals surface area contributed by atoms with E-state index in [2.05, 4.69) is 19.1 Å². The minimum atomic E-state index is 1.19. The van der Waals surface area contributed by atoms with Gasteiger partial charge in [-0.3, -0.25) is 0 Å². The molecule has 1 rings (SSSR count). The number of allylic oxidation sites excluding steroid dienone is 4. The quantitative estimate of drug-likeness (QED) is 0.447. The van der Waals surface area contributed by atoms with Crippen molar-refractivity contribution in [2.45, 2.75) is 39.5 Å². The Labute approximate surface area is 63.6 Å². The maximum atomic E-state index is 3.24. The van der Waals surface area contributed by atoms with Crippen LogP contribution in [0, 0.1) is 6.08 Å². The van der Waals surface area contributed by atoms with Crippen LogP contribution in [-0.4, -0.2) is 0 Å². The molecule has 0 aromatic rings. The van der Waals surface area contributed by atoms with Crippen molar-refractivity contribution in [3.63, 3.8) is 0 Å². The molecule has 55 valence electrons. The van der Waals surface area contributed by atoms with Crippen LogP contribution in [-0.2, 0) is 0 Å². The monoisotopic (exact) mass is 135 g/mol. The second kappa shape index (κ2) is 3.60. The van der Waals surface area contributed by atoms with Crippen molar-refractivity contribution in [1.29, 1.82) is 0 Å². The summed E-state index contributed by atoms with van der Waals surface area (Å²) in [5, 5.41) is 0. The van der Waals surface area contributed by atoms with Crippen LogP contribution in [0.25, 0.3) is 0 Å². The zero-order valence-corrected chi connectivity index (χ0v) is 6.91. The summed E-state index contributed by atoms with van der Waals surface area (Å²) in [6.07, 6.45) is 10.6. The molecule has 0 nitrogen and oxygen atoms in total. The topological polar surface area (TPSA) is 0 Å². The van der Waals surface area contributed by atoms with Gasteiger partial charge < -0.3 is 0 Å². The molecule has 0 saturated heterocycles. The number of hydrogen-bond acceptors (Lipinski definition) is 0. The third-order valence-corrected chi connectivity index (χ3v) is 2.18. The lowest BCUT2D eigenvalue weighted by atomic mass is 9.90. The van der Waals surface area contributed by atoms with Crippen molar-refractivity contribution in [2.75, 3.05) is 0 Å². The van der Waals surface area contributed by atoms with Gasteiger partial charge in [-0.15, -0.1) is 0 Å². The molecule has 0 N–H and O–H groups in total. The highest BCUT2D eigenvalue weighted by molar-refractivity contribution is 5.16. The third-order valence-electron chi connectivity index (χ3n) is 2.18. The molecular weight excluding hydrogens is 120 g/mol. The Morgan fingerprint density at radius 1 is 1.40 bits per heavy atom. The lowest BCUT2D eigenvalue weighted by Gasteiger charge is -2.16. The highest BCUT2D eigenvalue weighted by Crippen LogP contribution is 2.26. The Bertz CT molecular complexity index is 143. The van der Waals surface area contributed by atoms with Gasteiger partial charge in [-0.1, -0.05) is 17.2 Å². The van der Waals surface area contributed by atoms with E-state index in [9.17, 15) is 0 Å². The van der Waals surface area contributed by atoms with Crippen LogP contribution in [0.2, 0.25) is 0 Å². The Kier molecular flexibility index (Phi) is 2.73. The van der Waals surface area contributed by atoms with Gasteiger partial charge in [0.25, 0.3) is 0 Å². The van der Waals surface area contributed by atoms with Crippen molar-refractivity contribution in [3.8, 4) is 0 Å². The lowest BCUT2D eigenvalue weighted by molar-refractivity contribution is 0.706. The zero-order valence-electron chi connectivity index (χ0n) is 6.91. The molecule has 0 heterocycles. The molecule has 1 saturated carbocycles. The molecule has 0 spiro atoms. The zero-order chi connectivity index (χ0) is 7.40. The van der Waals surface area contributed by atoms with Gasteiger partial charge in [0, 0.05) is 0 Å². The average Bonchev–Trinajstić information content (AvgIpc) is 2.05. The predicted molar refractivity (Wildman–Crippen MR) is 44.7 cm³/mol. The van der Waals surface area contributed by atoms with Crippen molar-refractivity contribution in [1.82, 2.24) is 0 Å². The Morgan fingerprint density at radius 2 is 2.20 bits per heavy atom. The minimum absolute atomic E-state index is 1.19. The lowest BCUT2D eigenvalue weighted by Crippen LogP contribution is -1.96. The van der Waals surface area contributed by atoms with Gasteiger partial charge >= 0.3 is 0 Å². The normalized spacial score (nSPS) is 27.8. The van der Waals surface area contributed by atoms with Crippen LogP contribution in [0.1, 0.15) is 39.5 Å². The van der Waals surface area contributed by atoms with E-state index in [0.29, 0.717) is 0 Å². The molecule has 0 amide bonds. The van der Waals surface area contributed by atoms with Gasteiger partial charge in [0.1, 0.15) is 0 Å². The van der Waals surface area contributed by atoms with E-state index in [-0.39, 0.29) is 0 Å². The Hall–Kier alpha value is -0.520. The van der Waals surface area contributed by atoms with Crippen molar-refractivity contribution >= 4 is 0 Å². The average molecular weight is 135 g/mol. The number of hydrogen-bond donors (Lipinski definition) is 0. The van der Waals surface area contributed by atoms with Gasteiger partial charge in [0.05, 0.1) is 0 Å². The molecule has 10 heavy (non-hydrogen) atoms. The van der Waals surface area contributed by atoms with E-state index in [4.69, 9.17) is 0 Å². The summed E-state index contributed by atoms with van der Waals surface area (Å²) >= 11 is 0. The SMILES string of the molecule is C[C]=C1CCCC(=CC)C1. The van der Waals surface area contributed by atoms with E-state index in [0.717, 1.165) is 0 Å². The fourth-order valence-corrected chi connectivity index (χ4v) is 1.44. The van der Waals surface area contributed by atoms with Crippen molar-refractivity contribution < 1.29 is 0 Å². The van der Waals surface area contributed by atoms with Crippen molar-refractivity contribution in [2.24, 2.45) is 0 Å². The first-order valence-electron chi connectivity index (χ1n) is 4.03. The van der Waals surface area contributed by atoms with Crippen LogP contribution in [0.3, 0.4) is 0 Å². The predicted octanol–water partition coefficient (Wildman–Crippen LogP) is 3.26. The molecule has 1 aliphatic carbocycles. The van der Waals surface area contributed by atoms with Crippen LogP contribution in [0.5, 0.6) is 0 Å². The fraction of sp³-hybridized carbons (Fsp3) is 0.600. The Morgan fingerprint density at radius 3 is 2.80 bits per heavy atom.